The third-order valence-corrected chi connectivity index (χ3v) is 7.07. The maximum atomic E-state index is 12.3. The smallest absolute Gasteiger partial charge is 0.233 e. The van der Waals surface area contributed by atoms with Crippen molar-refractivity contribution in [2.24, 2.45) is 0 Å². The van der Waals surface area contributed by atoms with Gasteiger partial charge >= 0.3 is 0 Å². The van der Waals surface area contributed by atoms with Crippen LogP contribution in [-0.4, -0.2) is 56.2 Å². The molecule has 0 aliphatic carbocycles. The molecule has 2 aromatic rings. The van der Waals surface area contributed by atoms with Crippen molar-refractivity contribution >= 4 is 35.3 Å². The molecular formula is C19H20N4O2S2. The molecule has 2 atom stereocenters. The van der Waals surface area contributed by atoms with Gasteiger partial charge in [-0.3, -0.25) is 19.6 Å². The number of aromatic nitrogens is 2. The minimum Gasteiger partial charge on any atom is -0.324 e. The van der Waals surface area contributed by atoms with Crippen LogP contribution in [0.15, 0.2) is 48.8 Å². The molecule has 6 nitrogen and oxygen atoms in total. The molecule has 0 N–H and O–H groups in total. The molecule has 4 heterocycles. The summed E-state index contributed by atoms with van der Waals surface area (Å²) in [7, 11) is 0. The predicted molar refractivity (Wildman–Crippen MR) is 107 cm³/mol. The van der Waals surface area contributed by atoms with E-state index in [2.05, 4.69) is 9.97 Å². The standard InChI is InChI=1S/C19H20N4O2S2/c24-16-12-26-18(14-6-1-3-8-20-14)22(16)10-5-11-23-17(25)13-27-19(23)15-7-2-4-9-21-15/h1-4,6-9,18-19H,5,10-13H2/t18-,19+. The monoisotopic (exact) mass is 400 g/mol. The van der Waals surface area contributed by atoms with Crippen molar-refractivity contribution in [3.8, 4) is 0 Å². The van der Waals surface area contributed by atoms with Gasteiger partial charge in [0, 0.05) is 25.5 Å². The van der Waals surface area contributed by atoms with Crippen LogP contribution < -0.4 is 0 Å². The summed E-state index contributed by atoms with van der Waals surface area (Å²) in [5, 5.41) is -0.0668. The van der Waals surface area contributed by atoms with E-state index in [4.69, 9.17) is 0 Å². The van der Waals surface area contributed by atoms with Gasteiger partial charge in [-0.15, -0.1) is 23.5 Å². The van der Waals surface area contributed by atoms with Crippen LogP contribution in [0.4, 0.5) is 0 Å². The van der Waals surface area contributed by atoms with Crippen LogP contribution in [-0.2, 0) is 9.59 Å². The lowest BCUT2D eigenvalue weighted by molar-refractivity contribution is -0.128. The molecule has 8 heteroatoms. The average Bonchev–Trinajstić information content (AvgIpc) is 3.26. The van der Waals surface area contributed by atoms with Crippen molar-refractivity contribution in [1.82, 2.24) is 19.8 Å². The Morgan fingerprint density at radius 1 is 0.815 bits per heavy atom. The van der Waals surface area contributed by atoms with E-state index in [1.165, 1.54) is 0 Å². The fraction of sp³-hybridized carbons (Fsp3) is 0.368. The van der Waals surface area contributed by atoms with Crippen molar-refractivity contribution in [3.63, 3.8) is 0 Å². The Morgan fingerprint density at radius 3 is 1.70 bits per heavy atom. The van der Waals surface area contributed by atoms with E-state index >= 15 is 0 Å². The van der Waals surface area contributed by atoms with Gasteiger partial charge in [0.05, 0.1) is 22.9 Å². The van der Waals surface area contributed by atoms with Crippen LogP contribution in [0.1, 0.15) is 28.6 Å². The summed E-state index contributed by atoms with van der Waals surface area (Å²) in [6, 6.07) is 11.6. The number of carbonyl (C=O) groups is 2. The van der Waals surface area contributed by atoms with Gasteiger partial charge in [-0.25, -0.2) is 0 Å². The van der Waals surface area contributed by atoms with Gasteiger partial charge in [-0.1, -0.05) is 12.1 Å². The van der Waals surface area contributed by atoms with Crippen LogP contribution in [0.2, 0.25) is 0 Å². The Kier molecular flexibility index (Phi) is 5.63. The molecule has 2 fully saturated rings. The third-order valence-electron chi connectivity index (χ3n) is 4.62. The Morgan fingerprint density at radius 2 is 1.30 bits per heavy atom. The van der Waals surface area contributed by atoms with Gasteiger partial charge in [-0.05, 0) is 30.7 Å². The van der Waals surface area contributed by atoms with E-state index in [0.717, 1.165) is 17.8 Å². The zero-order chi connectivity index (χ0) is 18.6. The summed E-state index contributed by atoms with van der Waals surface area (Å²) in [4.78, 5) is 37.2. The van der Waals surface area contributed by atoms with E-state index < -0.39 is 0 Å². The number of nitrogens with zero attached hydrogens (tertiary/aromatic N) is 4. The third kappa shape index (κ3) is 3.96. The number of amides is 2. The average molecular weight is 401 g/mol. The highest BCUT2D eigenvalue weighted by molar-refractivity contribution is 8.00. The lowest BCUT2D eigenvalue weighted by atomic mass is 10.2. The molecule has 2 aliphatic heterocycles. The minimum atomic E-state index is -0.0334. The quantitative estimate of drug-likeness (QED) is 0.743. The Labute approximate surface area is 166 Å². The predicted octanol–water partition coefficient (Wildman–Crippen LogP) is 2.71. The van der Waals surface area contributed by atoms with E-state index in [0.29, 0.717) is 24.6 Å². The normalized spacial score (nSPS) is 22.7. The molecule has 2 aromatic heterocycles. The van der Waals surface area contributed by atoms with Gasteiger partial charge in [0.1, 0.15) is 10.7 Å². The Balaban J connectivity index is 1.39. The molecule has 27 heavy (non-hydrogen) atoms. The maximum Gasteiger partial charge on any atom is 0.233 e. The van der Waals surface area contributed by atoms with Gasteiger partial charge < -0.3 is 9.80 Å². The molecule has 4 rings (SSSR count). The Bertz CT molecular complexity index is 738. The summed E-state index contributed by atoms with van der Waals surface area (Å²) in [5.74, 6) is 1.24. The highest BCUT2D eigenvalue weighted by Crippen LogP contribution is 2.39. The van der Waals surface area contributed by atoms with Gasteiger partial charge in [0.25, 0.3) is 0 Å². The number of hydrogen-bond donors (Lipinski definition) is 0. The van der Waals surface area contributed by atoms with Crippen molar-refractivity contribution in [2.75, 3.05) is 24.6 Å². The molecule has 0 spiro atoms. The molecule has 140 valence electrons. The number of pyridine rings is 2. The van der Waals surface area contributed by atoms with Crippen molar-refractivity contribution in [2.45, 2.75) is 17.2 Å². The van der Waals surface area contributed by atoms with Crippen LogP contribution in [0, 0.1) is 0 Å². The van der Waals surface area contributed by atoms with E-state index in [1.54, 1.807) is 35.9 Å². The number of rotatable bonds is 6. The molecule has 2 saturated heterocycles. The molecule has 2 aliphatic rings. The first-order valence-electron chi connectivity index (χ1n) is 8.88. The molecule has 0 aromatic carbocycles. The highest BCUT2D eigenvalue weighted by atomic mass is 32.2. The number of carbonyl (C=O) groups excluding carboxylic acids is 2. The zero-order valence-corrected chi connectivity index (χ0v) is 16.4. The number of hydrogen-bond acceptors (Lipinski definition) is 6. The fourth-order valence-electron chi connectivity index (χ4n) is 3.34. The first kappa shape index (κ1) is 18.3. The van der Waals surface area contributed by atoms with Gasteiger partial charge in [-0.2, -0.15) is 0 Å². The molecule has 0 bridgehead atoms. The highest BCUT2D eigenvalue weighted by Gasteiger charge is 2.35. The molecule has 0 radical (unpaired) electrons. The lowest BCUT2D eigenvalue weighted by Crippen LogP contribution is -2.34. The van der Waals surface area contributed by atoms with Crippen LogP contribution in [0.25, 0.3) is 0 Å². The summed E-state index contributed by atoms with van der Waals surface area (Å²) < 4.78 is 0. The van der Waals surface area contributed by atoms with E-state index in [-0.39, 0.29) is 22.6 Å². The lowest BCUT2D eigenvalue weighted by Gasteiger charge is -2.27. The molecular weight excluding hydrogens is 380 g/mol. The second-order valence-electron chi connectivity index (χ2n) is 6.36. The molecule has 2 amide bonds. The van der Waals surface area contributed by atoms with Gasteiger partial charge in [0.15, 0.2) is 0 Å². The van der Waals surface area contributed by atoms with Crippen molar-refractivity contribution in [3.05, 3.63) is 60.2 Å². The zero-order valence-electron chi connectivity index (χ0n) is 14.7. The number of thioether (sulfide) groups is 2. The largest absolute Gasteiger partial charge is 0.324 e. The summed E-state index contributed by atoms with van der Waals surface area (Å²) >= 11 is 3.22. The van der Waals surface area contributed by atoms with Crippen LogP contribution >= 0.6 is 23.5 Å². The topological polar surface area (TPSA) is 66.4 Å². The summed E-state index contributed by atoms with van der Waals surface area (Å²) in [6.07, 6.45) is 4.26. The fourth-order valence-corrected chi connectivity index (χ4v) is 5.70. The maximum absolute atomic E-state index is 12.3. The van der Waals surface area contributed by atoms with Crippen LogP contribution in [0.3, 0.4) is 0 Å². The van der Waals surface area contributed by atoms with Gasteiger partial charge in [0.2, 0.25) is 11.8 Å². The van der Waals surface area contributed by atoms with Crippen molar-refractivity contribution in [1.29, 1.82) is 0 Å². The Hall–Kier alpha value is -2.06. The second kappa shape index (κ2) is 8.31. The first-order chi connectivity index (χ1) is 13.2. The first-order valence-corrected chi connectivity index (χ1v) is 11.0. The minimum absolute atomic E-state index is 0.0334. The van der Waals surface area contributed by atoms with Crippen molar-refractivity contribution < 1.29 is 9.59 Å². The second-order valence-corrected chi connectivity index (χ2v) is 8.50. The molecule has 0 unspecified atom stereocenters. The summed E-state index contributed by atoms with van der Waals surface area (Å²) in [6.45, 7) is 1.24. The summed E-state index contributed by atoms with van der Waals surface area (Å²) in [5.41, 5.74) is 1.82. The SMILES string of the molecule is O=C1CS[C@H](c2ccccn2)N1CCCN1C(=O)CS[C@H]1c1ccccn1. The molecule has 0 saturated carbocycles. The van der Waals surface area contributed by atoms with E-state index in [1.807, 2.05) is 46.2 Å². The van der Waals surface area contributed by atoms with Crippen LogP contribution in [0.5, 0.6) is 0 Å². The van der Waals surface area contributed by atoms with E-state index in [9.17, 15) is 9.59 Å².